The average molecular weight is 276 g/mol. The second kappa shape index (κ2) is 5.76. The van der Waals surface area contributed by atoms with Crippen LogP contribution < -0.4 is 5.32 Å². The van der Waals surface area contributed by atoms with E-state index in [0.717, 1.165) is 11.1 Å². The Hall–Kier alpha value is -2.00. The van der Waals surface area contributed by atoms with Gasteiger partial charge in [0.2, 0.25) is 5.91 Å². The summed E-state index contributed by atoms with van der Waals surface area (Å²) in [5.74, 6) is 0.0707. The summed E-state index contributed by atoms with van der Waals surface area (Å²) >= 11 is 5.87. The molecule has 0 saturated carbocycles. The quantitative estimate of drug-likeness (QED) is 0.842. The van der Waals surface area contributed by atoms with E-state index in [1.165, 1.54) is 0 Å². The van der Waals surface area contributed by atoms with E-state index in [4.69, 9.17) is 11.6 Å². The molecular weight excluding hydrogens is 262 g/mol. The van der Waals surface area contributed by atoms with Gasteiger partial charge in [-0.25, -0.2) is 0 Å². The third-order valence-corrected chi connectivity index (χ3v) is 2.97. The first-order chi connectivity index (χ1) is 9.04. The minimum absolute atomic E-state index is 0.115. The van der Waals surface area contributed by atoms with Crippen LogP contribution in [-0.2, 0) is 11.2 Å². The highest BCUT2D eigenvalue weighted by Crippen LogP contribution is 2.20. The molecule has 0 aromatic heterocycles. The maximum Gasteiger partial charge on any atom is 0.228 e. The molecule has 2 N–H and O–H groups in total. The van der Waals surface area contributed by atoms with Crippen molar-refractivity contribution >= 4 is 23.2 Å². The van der Waals surface area contributed by atoms with Gasteiger partial charge >= 0.3 is 0 Å². The third-order valence-electron chi connectivity index (χ3n) is 2.74. The molecule has 0 radical (unpaired) electrons. The molecular formula is C15H14ClNO2. The predicted octanol–water partition coefficient (Wildman–Crippen LogP) is 3.54. The van der Waals surface area contributed by atoms with Crippen molar-refractivity contribution in [3.05, 3.63) is 58.6 Å². The van der Waals surface area contributed by atoms with E-state index in [9.17, 15) is 9.90 Å². The highest BCUT2D eigenvalue weighted by atomic mass is 35.5. The Morgan fingerprint density at radius 1 is 1.26 bits per heavy atom. The normalized spacial score (nSPS) is 10.2. The first kappa shape index (κ1) is 13.4. The van der Waals surface area contributed by atoms with Crippen molar-refractivity contribution in [3.63, 3.8) is 0 Å². The summed E-state index contributed by atoms with van der Waals surface area (Å²) in [4.78, 5) is 11.9. The number of anilines is 1. The molecule has 1 amide bonds. The zero-order chi connectivity index (χ0) is 13.8. The molecule has 0 aliphatic rings. The van der Waals surface area contributed by atoms with Crippen LogP contribution in [-0.4, -0.2) is 11.0 Å². The molecule has 0 aliphatic carbocycles. The fourth-order valence-electron chi connectivity index (χ4n) is 1.81. The van der Waals surface area contributed by atoms with E-state index in [-0.39, 0.29) is 18.1 Å². The number of amides is 1. The van der Waals surface area contributed by atoms with Gasteiger partial charge in [-0.1, -0.05) is 23.7 Å². The predicted molar refractivity (Wildman–Crippen MR) is 76.6 cm³/mol. The van der Waals surface area contributed by atoms with Crippen molar-refractivity contribution in [2.24, 2.45) is 0 Å². The second-order valence-electron chi connectivity index (χ2n) is 4.35. The van der Waals surface area contributed by atoms with E-state index in [1.807, 2.05) is 19.1 Å². The van der Waals surface area contributed by atoms with Crippen molar-refractivity contribution in [2.75, 3.05) is 5.32 Å². The summed E-state index contributed by atoms with van der Waals surface area (Å²) in [5, 5.41) is 12.7. The number of phenols is 1. The molecule has 0 bridgehead atoms. The van der Waals surface area contributed by atoms with Crippen LogP contribution >= 0.6 is 11.6 Å². The Labute approximate surface area is 116 Å². The average Bonchev–Trinajstić information content (AvgIpc) is 2.33. The van der Waals surface area contributed by atoms with Gasteiger partial charge in [0, 0.05) is 10.7 Å². The Bertz CT molecular complexity index is 611. The Morgan fingerprint density at radius 3 is 2.74 bits per heavy atom. The maximum atomic E-state index is 11.9. The monoisotopic (exact) mass is 275 g/mol. The smallest absolute Gasteiger partial charge is 0.228 e. The van der Waals surface area contributed by atoms with Crippen LogP contribution in [0.2, 0.25) is 5.02 Å². The minimum atomic E-state index is -0.115. The Balaban J connectivity index is 2.05. The summed E-state index contributed by atoms with van der Waals surface area (Å²) in [7, 11) is 0. The molecule has 0 aliphatic heterocycles. The van der Waals surface area contributed by atoms with Crippen molar-refractivity contribution < 1.29 is 9.90 Å². The van der Waals surface area contributed by atoms with Gasteiger partial charge in [0.25, 0.3) is 0 Å². The summed E-state index contributed by atoms with van der Waals surface area (Å²) in [6.07, 6.45) is 0.265. The van der Waals surface area contributed by atoms with E-state index in [0.29, 0.717) is 10.7 Å². The summed E-state index contributed by atoms with van der Waals surface area (Å²) in [5.41, 5.74) is 2.38. The number of carbonyl (C=O) groups is 1. The minimum Gasteiger partial charge on any atom is -0.508 e. The second-order valence-corrected chi connectivity index (χ2v) is 4.79. The van der Waals surface area contributed by atoms with Crippen LogP contribution in [0.4, 0.5) is 5.69 Å². The van der Waals surface area contributed by atoms with Crippen LogP contribution in [0.25, 0.3) is 0 Å². The highest BCUT2D eigenvalue weighted by Gasteiger charge is 2.06. The van der Waals surface area contributed by atoms with Gasteiger partial charge in [-0.15, -0.1) is 0 Å². The first-order valence-electron chi connectivity index (χ1n) is 5.88. The molecule has 2 aromatic carbocycles. The number of nitrogens with one attached hydrogen (secondary N) is 1. The molecule has 0 unspecified atom stereocenters. The number of aryl methyl sites for hydroxylation is 1. The lowest BCUT2D eigenvalue weighted by Crippen LogP contribution is -2.15. The van der Waals surface area contributed by atoms with Crippen molar-refractivity contribution in [3.8, 4) is 5.75 Å². The van der Waals surface area contributed by atoms with Gasteiger partial charge in [0.1, 0.15) is 5.75 Å². The summed E-state index contributed by atoms with van der Waals surface area (Å²) in [6.45, 7) is 1.83. The fraction of sp³-hybridized carbons (Fsp3) is 0.133. The molecule has 0 heterocycles. The lowest BCUT2D eigenvalue weighted by atomic mass is 10.1. The largest absolute Gasteiger partial charge is 0.508 e. The summed E-state index contributed by atoms with van der Waals surface area (Å²) < 4.78 is 0. The van der Waals surface area contributed by atoms with E-state index in [2.05, 4.69) is 5.32 Å². The van der Waals surface area contributed by atoms with Gasteiger partial charge in [0.05, 0.1) is 6.42 Å². The number of halogens is 1. The van der Waals surface area contributed by atoms with Crippen LogP contribution in [0.15, 0.2) is 42.5 Å². The lowest BCUT2D eigenvalue weighted by molar-refractivity contribution is -0.115. The zero-order valence-corrected chi connectivity index (χ0v) is 11.2. The number of aromatic hydroxyl groups is 1. The molecule has 2 aromatic rings. The maximum absolute atomic E-state index is 11.9. The molecule has 2 rings (SSSR count). The SMILES string of the molecule is Cc1cc(O)ccc1NC(=O)Cc1cccc(Cl)c1. The Morgan fingerprint density at radius 2 is 2.05 bits per heavy atom. The van der Waals surface area contributed by atoms with Gasteiger partial charge in [-0.3, -0.25) is 4.79 Å². The number of hydrogen-bond donors (Lipinski definition) is 2. The third kappa shape index (κ3) is 3.73. The van der Waals surface area contributed by atoms with Gasteiger partial charge in [0.15, 0.2) is 0 Å². The van der Waals surface area contributed by atoms with Crippen LogP contribution in [0.1, 0.15) is 11.1 Å². The number of carbonyl (C=O) groups excluding carboxylic acids is 1. The Kier molecular flexibility index (Phi) is 4.07. The standard InChI is InChI=1S/C15H14ClNO2/c1-10-7-13(18)5-6-14(10)17-15(19)9-11-3-2-4-12(16)8-11/h2-8,18H,9H2,1H3,(H,17,19). The highest BCUT2D eigenvalue weighted by molar-refractivity contribution is 6.30. The molecule has 0 spiro atoms. The first-order valence-corrected chi connectivity index (χ1v) is 6.26. The van der Waals surface area contributed by atoms with E-state index >= 15 is 0 Å². The van der Waals surface area contributed by atoms with Gasteiger partial charge in [-0.05, 0) is 48.4 Å². The van der Waals surface area contributed by atoms with E-state index < -0.39 is 0 Å². The molecule has 0 saturated heterocycles. The molecule has 0 atom stereocenters. The fourth-order valence-corrected chi connectivity index (χ4v) is 2.03. The summed E-state index contributed by atoms with van der Waals surface area (Å²) in [6, 6.07) is 12.0. The van der Waals surface area contributed by atoms with Crippen LogP contribution in [0.3, 0.4) is 0 Å². The number of benzene rings is 2. The van der Waals surface area contributed by atoms with Crippen molar-refractivity contribution in [1.29, 1.82) is 0 Å². The number of hydrogen-bond acceptors (Lipinski definition) is 2. The zero-order valence-electron chi connectivity index (χ0n) is 10.5. The van der Waals surface area contributed by atoms with Crippen molar-refractivity contribution in [1.82, 2.24) is 0 Å². The lowest BCUT2D eigenvalue weighted by Gasteiger charge is -2.09. The molecule has 4 heteroatoms. The van der Waals surface area contributed by atoms with Gasteiger partial charge < -0.3 is 10.4 Å². The van der Waals surface area contributed by atoms with Crippen molar-refractivity contribution in [2.45, 2.75) is 13.3 Å². The number of rotatable bonds is 3. The molecule has 98 valence electrons. The van der Waals surface area contributed by atoms with E-state index in [1.54, 1.807) is 30.3 Å². The van der Waals surface area contributed by atoms with Gasteiger partial charge in [-0.2, -0.15) is 0 Å². The topological polar surface area (TPSA) is 49.3 Å². The van der Waals surface area contributed by atoms with Crippen LogP contribution in [0.5, 0.6) is 5.75 Å². The molecule has 0 fully saturated rings. The number of phenolic OH excluding ortho intramolecular Hbond substituents is 1. The van der Waals surface area contributed by atoms with Crippen LogP contribution in [0, 0.1) is 6.92 Å². The molecule has 3 nitrogen and oxygen atoms in total. The molecule has 19 heavy (non-hydrogen) atoms.